The van der Waals surface area contributed by atoms with Crippen LogP contribution in [0, 0.1) is 10.1 Å². The van der Waals surface area contributed by atoms with E-state index < -0.39 is 14.9 Å². The monoisotopic (exact) mass is 430 g/mol. The first-order valence-electron chi connectivity index (χ1n) is 7.43. The highest BCUT2D eigenvalue weighted by atomic mass is 79.9. The van der Waals surface area contributed by atoms with Gasteiger partial charge in [-0.05, 0) is 12.1 Å². The van der Waals surface area contributed by atoms with E-state index in [0.29, 0.717) is 24.5 Å². The molecule has 1 aliphatic heterocycles. The highest BCUT2D eigenvalue weighted by Crippen LogP contribution is 2.32. The first kappa shape index (κ1) is 17.8. The first-order chi connectivity index (χ1) is 11.9. The van der Waals surface area contributed by atoms with Crippen molar-refractivity contribution in [3.05, 3.63) is 50.8 Å². The molecule has 1 aliphatic rings. The molecule has 1 saturated heterocycles. The standard InChI is InChI=1S/C14H15BrN4O5S/c15-11-1-2-13(19(20)21)14(9-11)17-4-6-18(7-5-17)25(22,23)10-12-3-8-24-16-12/h1-3,8-9H,4-7,10H2. The van der Waals surface area contributed by atoms with Gasteiger partial charge in [-0.25, -0.2) is 8.42 Å². The third-order valence-electron chi connectivity index (χ3n) is 3.93. The van der Waals surface area contributed by atoms with E-state index >= 15 is 0 Å². The van der Waals surface area contributed by atoms with Gasteiger partial charge in [0.15, 0.2) is 0 Å². The Kier molecular flexibility index (Phi) is 5.06. The van der Waals surface area contributed by atoms with Crippen molar-refractivity contribution in [2.24, 2.45) is 0 Å². The minimum atomic E-state index is -3.51. The summed E-state index contributed by atoms with van der Waals surface area (Å²) in [5.41, 5.74) is 0.833. The second-order valence-corrected chi connectivity index (χ2v) is 8.41. The van der Waals surface area contributed by atoms with Crippen LogP contribution in [0.5, 0.6) is 0 Å². The van der Waals surface area contributed by atoms with E-state index in [1.165, 1.54) is 22.7 Å². The van der Waals surface area contributed by atoms with Gasteiger partial charge in [-0.15, -0.1) is 0 Å². The Morgan fingerprint density at radius 3 is 2.56 bits per heavy atom. The molecule has 0 atom stereocenters. The SMILES string of the molecule is O=[N+]([O-])c1ccc(Br)cc1N1CCN(S(=O)(=O)Cc2ccon2)CC1. The first-order valence-corrected chi connectivity index (χ1v) is 9.83. The van der Waals surface area contributed by atoms with Gasteiger partial charge in [-0.2, -0.15) is 4.31 Å². The van der Waals surface area contributed by atoms with E-state index in [0.717, 1.165) is 4.47 Å². The predicted molar refractivity (Wildman–Crippen MR) is 93.7 cm³/mol. The van der Waals surface area contributed by atoms with Crippen LogP contribution in [0.25, 0.3) is 0 Å². The number of nitrogens with zero attached hydrogens (tertiary/aromatic N) is 4. The molecule has 134 valence electrons. The summed E-state index contributed by atoms with van der Waals surface area (Å²) in [4.78, 5) is 12.6. The van der Waals surface area contributed by atoms with Crippen molar-refractivity contribution in [2.75, 3.05) is 31.1 Å². The number of piperazine rings is 1. The van der Waals surface area contributed by atoms with Gasteiger partial charge in [0.2, 0.25) is 10.0 Å². The number of anilines is 1. The molecule has 0 unspecified atom stereocenters. The van der Waals surface area contributed by atoms with Gasteiger partial charge in [0, 0.05) is 42.8 Å². The van der Waals surface area contributed by atoms with E-state index in [1.807, 2.05) is 4.90 Å². The molecule has 9 nitrogen and oxygen atoms in total. The van der Waals surface area contributed by atoms with Gasteiger partial charge < -0.3 is 9.42 Å². The molecule has 2 aromatic rings. The quantitative estimate of drug-likeness (QED) is 0.526. The van der Waals surface area contributed by atoms with Crippen LogP contribution in [-0.2, 0) is 15.8 Å². The molecule has 3 rings (SSSR count). The molecule has 25 heavy (non-hydrogen) atoms. The molecular weight excluding hydrogens is 416 g/mol. The summed E-state index contributed by atoms with van der Waals surface area (Å²) in [6.45, 7) is 1.25. The van der Waals surface area contributed by atoms with E-state index in [9.17, 15) is 18.5 Å². The molecule has 0 amide bonds. The zero-order chi connectivity index (χ0) is 18.0. The Labute approximate surface area is 152 Å². The number of halogens is 1. The number of hydrogen-bond acceptors (Lipinski definition) is 7. The molecule has 0 N–H and O–H groups in total. The van der Waals surface area contributed by atoms with Crippen LogP contribution in [-0.4, -0.2) is 49.0 Å². The summed E-state index contributed by atoms with van der Waals surface area (Å²) in [5.74, 6) is -0.222. The normalized spacial score (nSPS) is 16.1. The summed E-state index contributed by atoms with van der Waals surface area (Å²) in [6, 6.07) is 6.24. The second kappa shape index (κ2) is 7.10. The highest BCUT2D eigenvalue weighted by molar-refractivity contribution is 9.10. The van der Waals surface area contributed by atoms with Crippen LogP contribution in [0.1, 0.15) is 5.69 Å². The zero-order valence-corrected chi connectivity index (χ0v) is 15.4. The van der Waals surface area contributed by atoms with Gasteiger partial charge in [0.05, 0.1) is 10.6 Å². The number of benzene rings is 1. The largest absolute Gasteiger partial charge is 0.364 e. The number of nitro benzene ring substituents is 1. The van der Waals surface area contributed by atoms with Crippen molar-refractivity contribution in [3.63, 3.8) is 0 Å². The average Bonchev–Trinajstić information content (AvgIpc) is 3.07. The molecule has 1 fully saturated rings. The third kappa shape index (κ3) is 3.99. The Morgan fingerprint density at radius 2 is 1.96 bits per heavy atom. The van der Waals surface area contributed by atoms with Crippen LogP contribution in [0.15, 0.2) is 39.5 Å². The smallest absolute Gasteiger partial charge is 0.292 e. The number of rotatable bonds is 5. The fourth-order valence-electron chi connectivity index (χ4n) is 2.70. The van der Waals surface area contributed by atoms with Crippen LogP contribution >= 0.6 is 15.9 Å². The fourth-order valence-corrected chi connectivity index (χ4v) is 4.48. The minimum absolute atomic E-state index is 0.00195. The fraction of sp³-hybridized carbons (Fsp3) is 0.357. The van der Waals surface area contributed by atoms with Crippen LogP contribution in [0.4, 0.5) is 11.4 Å². The van der Waals surface area contributed by atoms with Gasteiger partial charge in [0.25, 0.3) is 5.69 Å². The van der Waals surface area contributed by atoms with E-state index in [1.54, 1.807) is 12.1 Å². The van der Waals surface area contributed by atoms with E-state index in [2.05, 4.69) is 25.6 Å². The maximum Gasteiger partial charge on any atom is 0.292 e. The zero-order valence-electron chi connectivity index (χ0n) is 13.0. The Bertz CT molecular complexity index is 863. The molecule has 1 aromatic heterocycles. The van der Waals surface area contributed by atoms with Gasteiger partial charge in [-0.1, -0.05) is 21.1 Å². The molecule has 0 radical (unpaired) electrons. The van der Waals surface area contributed by atoms with Crippen LogP contribution in [0.2, 0.25) is 0 Å². The average molecular weight is 431 g/mol. The molecule has 1 aromatic carbocycles. The number of aromatic nitrogens is 1. The molecule has 2 heterocycles. The number of sulfonamides is 1. The third-order valence-corrected chi connectivity index (χ3v) is 6.23. The van der Waals surface area contributed by atoms with Crippen molar-refractivity contribution in [1.29, 1.82) is 0 Å². The Hall–Kier alpha value is -1.98. The maximum atomic E-state index is 12.4. The summed E-state index contributed by atoms with van der Waals surface area (Å²) in [7, 11) is -3.51. The molecule has 0 bridgehead atoms. The van der Waals surface area contributed by atoms with Crippen LogP contribution < -0.4 is 4.90 Å². The Balaban J connectivity index is 1.72. The van der Waals surface area contributed by atoms with Gasteiger partial charge >= 0.3 is 0 Å². The van der Waals surface area contributed by atoms with Crippen LogP contribution in [0.3, 0.4) is 0 Å². The van der Waals surface area contributed by atoms with Crippen molar-refractivity contribution in [2.45, 2.75) is 5.75 Å². The number of nitro groups is 1. The lowest BCUT2D eigenvalue weighted by Crippen LogP contribution is -2.49. The lowest BCUT2D eigenvalue weighted by atomic mass is 10.2. The van der Waals surface area contributed by atoms with Crippen molar-refractivity contribution >= 4 is 37.3 Å². The summed E-state index contributed by atoms with van der Waals surface area (Å²) in [5, 5.41) is 14.8. The van der Waals surface area contributed by atoms with E-state index in [-0.39, 0.29) is 24.5 Å². The number of hydrogen-bond donors (Lipinski definition) is 0. The summed E-state index contributed by atoms with van der Waals surface area (Å²) >= 11 is 3.32. The molecular formula is C14H15BrN4O5S. The Morgan fingerprint density at radius 1 is 1.24 bits per heavy atom. The lowest BCUT2D eigenvalue weighted by molar-refractivity contribution is -0.384. The van der Waals surface area contributed by atoms with Crippen molar-refractivity contribution in [1.82, 2.24) is 9.46 Å². The topological polar surface area (TPSA) is 110 Å². The maximum absolute atomic E-state index is 12.4. The summed E-state index contributed by atoms with van der Waals surface area (Å²) in [6.07, 6.45) is 1.33. The minimum Gasteiger partial charge on any atom is -0.364 e. The molecule has 0 spiro atoms. The van der Waals surface area contributed by atoms with Crippen molar-refractivity contribution < 1.29 is 17.9 Å². The van der Waals surface area contributed by atoms with Crippen molar-refractivity contribution in [3.8, 4) is 0 Å². The van der Waals surface area contributed by atoms with E-state index in [4.69, 9.17) is 0 Å². The lowest BCUT2D eigenvalue weighted by Gasteiger charge is -2.35. The molecule has 11 heteroatoms. The van der Waals surface area contributed by atoms with Gasteiger partial charge in [0.1, 0.15) is 17.7 Å². The van der Waals surface area contributed by atoms with Gasteiger partial charge in [-0.3, -0.25) is 10.1 Å². The summed E-state index contributed by atoms with van der Waals surface area (Å²) < 4.78 is 31.6. The predicted octanol–water partition coefficient (Wildman–Crippen LogP) is 2.00. The molecule has 0 saturated carbocycles. The highest BCUT2D eigenvalue weighted by Gasteiger charge is 2.30. The second-order valence-electron chi connectivity index (χ2n) is 5.52. The molecule has 0 aliphatic carbocycles.